The Morgan fingerprint density at radius 3 is 2.71 bits per heavy atom. The number of aromatic nitrogens is 2. The van der Waals surface area contributed by atoms with Crippen molar-refractivity contribution >= 4 is 26.8 Å². The molecule has 0 aliphatic carbocycles. The van der Waals surface area contributed by atoms with E-state index >= 15 is 0 Å². The zero-order chi connectivity index (χ0) is 14.4. The van der Waals surface area contributed by atoms with Gasteiger partial charge in [0.1, 0.15) is 0 Å². The summed E-state index contributed by atoms with van der Waals surface area (Å²) in [5.74, 6) is 0.650. The largest absolute Gasteiger partial charge is 0.348 e. The summed E-state index contributed by atoms with van der Waals surface area (Å²) in [5, 5.41) is 3.20. The summed E-state index contributed by atoms with van der Waals surface area (Å²) in [5.41, 5.74) is 2.58. The minimum absolute atomic E-state index is 0.0589. The van der Waals surface area contributed by atoms with Crippen LogP contribution in [0.1, 0.15) is 11.6 Å². The monoisotopic (exact) mass is 299 g/mol. The molecule has 0 amide bonds. The lowest BCUT2D eigenvalue weighted by Gasteiger charge is -2.11. The molecule has 4 rings (SSSR count). The SMILES string of the molecule is O=S1(=O)CC(Nc2nc3ccccc3[nH]2)c2ccccc21. The van der Waals surface area contributed by atoms with Gasteiger partial charge in [0, 0.05) is 0 Å². The molecular formula is C15H13N3O2S. The Kier molecular flexibility index (Phi) is 2.56. The summed E-state index contributed by atoms with van der Waals surface area (Å²) >= 11 is 0. The van der Waals surface area contributed by atoms with Crippen LogP contribution in [0.2, 0.25) is 0 Å². The fourth-order valence-electron chi connectivity index (χ4n) is 2.76. The van der Waals surface area contributed by atoms with Crippen LogP contribution in [-0.4, -0.2) is 24.1 Å². The Bertz CT molecular complexity index is 898. The van der Waals surface area contributed by atoms with Crippen LogP contribution in [0.15, 0.2) is 53.4 Å². The minimum atomic E-state index is -3.21. The highest BCUT2D eigenvalue weighted by molar-refractivity contribution is 7.91. The fourth-order valence-corrected chi connectivity index (χ4v) is 4.49. The number of imidazole rings is 1. The number of nitrogens with one attached hydrogen (secondary N) is 2. The number of benzene rings is 2. The maximum absolute atomic E-state index is 12.2. The Morgan fingerprint density at radius 2 is 1.86 bits per heavy atom. The molecule has 106 valence electrons. The summed E-state index contributed by atoms with van der Waals surface area (Å²) in [7, 11) is -3.21. The molecule has 0 saturated carbocycles. The molecule has 0 spiro atoms. The van der Waals surface area contributed by atoms with E-state index in [4.69, 9.17) is 0 Å². The lowest BCUT2D eigenvalue weighted by molar-refractivity contribution is 0.598. The van der Waals surface area contributed by atoms with E-state index in [2.05, 4.69) is 15.3 Å². The first-order valence-corrected chi connectivity index (χ1v) is 8.32. The van der Waals surface area contributed by atoms with Crippen LogP contribution < -0.4 is 5.32 Å². The van der Waals surface area contributed by atoms with Crippen LogP contribution in [0, 0.1) is 0 Å². The molecule has 5 nitrogen and oxygen atoms in total. The van der Waals surface area contributed by atoms with E-state index in [1.54, 1.807) is 12.1 Å². The number of fused-ring (bicyclic) bond motifs is 2. The number of para-hydroxylation sites is 2. The third kappa shape index (κ3) is 1.99. The van der Waals surface area contributed by atoms with Gasteiger partial charge in [-0.05, 0) is 23.8 Å². The molecule has 0 saturated heterocycles. The van der Waals surface area contributed by atoms with Crippen molar-refractivity contribution in [1.82, 2.24) is 9.97 Å². The molecule has 2 heterocycles. The first-order chi connectivity index (χ1) is 10.1. The lowest BCUT2D eigenvalue weighted by atomic mass is 10.1. The normalized spacial score (nSPS) is 19.5. The van der Waals surface area contributed by atoms with Gasteiger partial charge in [-0.3, -0.25) is 0 Å². The van der Waals surface area contributed by atoms with Gasteiger partial charge in [0.25, 0.3) is 0 Å². The molecule has 2 N–H and O–H groups in total. The second-order valence-corrected chi connectivity index (χ2v) is 7.12. The van der Waals surface area contributed by atoms with Gasteiger partial charge < -0.3 is 10.3 Å². The van der Waals surface area contributed by atoms with Crippen molar-refractivity contribution in [3.05, 3.63) is 54.1 Å². The maximum Gasteiger partial charge on any atom is 0.201 e. The van der Waals surface area contributed by atoms with E-state index in [1.807, 2.05) is 36.4 Å². The molecule has 3 aromatic rings. The smallest absolute Gasteiger partial charge is 0.201 e. The average Bonchev–Trinajstić information content (AvgIpc) is 2.98. The topological polar surface area (TPSA) is 74.8 Å². The molecule has 0 bridgehead atoms. The van der Waals surface area contributed by atoms with E-state index in [0.717, 1.165) is 16.6 Å². The number of hydrogen-bond acceptors (Lipinski definition) is 4. The number of anilines is 1. The van der Waals surface area contributed by atoms with Crippen molar-refractivity contribution in [2.45, 2.75) is 10.9 Å². The zero-order valence-corrected chi connectivity index (χ0v) is 11.9. The molecule has 1 atom stereocenters. The molecular weight excluding hydrogens is 286 g/mol. The molecule has 1 aliphatic heterocycles. The van der Waals surface area contributed by atoms with E-state index in [0.29, 0.717) is 10.8 Å². The maximum atomic E-state index is 12.2. The number of hydrogen-bond donors (Lipinski definition) is 2. The number of aromatic amines is 1. The van der Waals surface area contributed by atoms with Crippen molar-refractivity contribution in [3.8, 4) is 0 Å². The Balaban J connectivity index is 1.72. The highest BCUT2D eigenvalue weighted by atomic mass is 32.2. The first-order valence-electron chi connectivity index (χ1n) is 6.66. The molecule has 6 heteroatoms. The number of sulfone groups is 1. The minimum Gasteiger partial charge on any atom is -0.348 e. The number of H-pyrrole nitrogens is 1. The molecule has 1 aliphatic rings. The van der Waals surface area contributed by atoms with Gasteiger partial charge in [0.05, 0.1) is 27.7 Å². The summed E-state index contributed by atoms with van der Waals surface area (Å²) in [6.07, 6.45) is 0. The third-order valence-corrected chi connectivity index (χ3v) is 5.53. The van der Waals surface area contributed by atoms with Crippen LogP contribution in [0.3, 0.4) is 0 Å². The van der Waals surface area contributed by atoms with Crippen LogP contribution in [0.25, 0.3) is 11.0 Å². The molecule has 1 unspecified atom stereocenters. The molecule has 0 radical (unpaired) electrons. The third-order valence-electron chi connectivity index (χ3n) is 3.72. The number of nitrogens with zero attached hydrogens (tertiary/aromatic N) is 1. The molecule has 1 aromatic heterocycles. The second-order valence-electron chi connectivity index (χ2n) is 5.12. The highest BCUT2D eigenvalue weighted by Crippen LogP contribution is 2.35. The van der Waals surface area contributed by atoms with Crippen molar-refractivity contribution < 1.29 is 8.42 Å². The van der Waals surface area contributed by atoms with E-state index in [1.165, 1.54) is 0 Å². The van der Waals surface area contributed by atoms with E-state index in [9.17, 15) is 8.42 Å². The molecule has 2 aromatic carbocycles. The van der Waals surface area contributed by atoms with Gasteiger partial charge in [-0.15, -0.1) is 0 Å². The quantitative estimate of drug-likeness (QED) is 0.762. The Hall–Kier alpha value is -2.34. The predicted molar refractivity (Wildman–Crippen MR) is 81.0 cm³/mol. The summed E-state index contributed by atoms with van der Waals surface area (Å²) in [6, 6.07) is 14.5. The predicted octanol–water partition coefficient (Wildman–Crippen LogP) is 2.50. The highest BCUT2D eigenvalue weighted by Gasteiger charge is 2.34. The summed E-state index contributed by atoms with van der Waals surface area (Å²) in [6.45, 7) is 0. The Morgan fingerprint density at radius 1 is 1.10 bits per heavy atom. The van der Waals surface area contributed by atoms with Crippen molar-refractivity contribution in [1.29, 1.82) is 0 Å². The zero-order valence-electron chi connectivity index (χ0n) is 11.1. The van der Waals surface area contributed by atoms with Gasteiger partial charge in [-0.1, -0.05) is 30.3 Å². The van der Waals surface area contributed by atoms with Crippen molar-refractivity contribution in [2.75, 3.05) is 11.1 Å². The van der Waals surface area contributed by atoms with Gasteiger partial charge in [-0.25, -0.2) is 13.4 Å². The van der Waals surface area contributed by atoms with Gasteiger partial charge in [-0.2, -0.15) is 0 Å². The van der Waals surface area contributed by atoms with Crippen LogP contribution in [-0.2, 0) is 9.84 Å². The van der Waals surface area contributed by atoms with Crippen molar-refractivity contribution in [2.24, 2.45) is 0 Å². The Labute approximate surface area is 121 Å². The van der Waals surface area contributed by atoms with Gasteiger partial charge in [0.2, 0.25) is 5.95 Å². The summed E-state index contributed by atoms with van der Waals surface area (Å²) < 4.78 is 24.3. The second kappa shape index (κ2) is 4.33. The van der Waals surface area contributed by atoms with Gasteiger partial charge in [0.15, 0.2) is 9.84 Å². The number of rotatable bonds is 2. The van der Waals surface area contributed by atoms with Crippen LogP contribution >= 0.6 is 0 Å². The van der Waals surface area contributed by atoms with E-state index < -0.39 is 9.84 Å². The molecule has 21 heavy (non-hydrogen) atoms. The van der Waals surface area contributed by atoms with Crippen LogP contribution in [0.5, 0.6) is 0 Å². The summed E-state index contributed by atoms with van der Waals surface area (Å²) in [4.78, 5) is 8.01. The van der Waals surface area contributed by atoms with Crippen molar-refractivity contribution in [3.63, 3.8) is 0 Å². The lowest BCUT2D eigenvalue weighted by Crippen LogP contribution is -2.13. The first kappa shape index (κ1) is 12.4. The average molecular weight is 299 g/mol. The van der Waals surface area contributed by atoms with Gasteiger partial charge >= 0.3 is 0 Å². The standard InChI is InChI=1S/C15H13N3O2S/c19-21(20)9-13(10-5-1-4-8-14(10)21)18-15-16-11-6-2-3-7-12(11)17-15/h1-8,13H,9H2,(H2,16,17,18). The van der Waals surface area contributed by atoms with E-state index in [-0.39, 0.29) is 11.8 Å². The fraction of sp³-hybridized carbons (Fsp3) is 0.133. The molecule has 0 fully saturated rings. The van der Waals surface area contributed by atoms with Crippen LogP contribution in [0.4, 0.5) is 5.95 Å².